The Balaban J connectivity index is 1.44. The maximum Gasteiger partial charge on any atom is 0.278 e. The van der Waals surface area contributed by atoms with Crippen LogP contribution >= 0.6 is 0 Å². The predicted octanol–water partition coefficient (Wildman–Crippen LogP) is 2.60. The highest BCUT2D eigenvalue weighted by Crippen LogP contribution is 2.23. The van der Waals surface area contributed by atoms with Gasteiger partial charge in [-0.3, -0.25) is 9.29 Å². The molecule has 0 amide bonds. The Morgan fingerprint density at radius 3 is 2.45 bits per heavy atom. The molecule has 0 radical (unpaired) electrons. The molecule has 148 valence electrons. The third kappa shape index (κ3) is 3.94. The van der Waals surface area contributed by atoms with Gasteiger partial charge in [0.2, 0.25) is 5.88 Å². The van der Waals surface area contributed by atoms with Crippen molar-refractivity contribution in [2.45, 2.75) is 18.9 Å². The average molecular weight is 411 g/mol. The lowest BCUT2D eigenvalue weighted by atomic mass is 10.3. The van der Waals surface area contributed by atoms with Crippen LogP contribution in [0.3, 0.4) is 0 Å². The number of anilines is 1. The van der Waals surface area contributed by atoms with Crippen LogP contribution in [0.1, 0.15) is 11.4 Å². The van der Waals surface area contributed by atoms with E-state index in [4.69, 9.17) is 4.74 Å². The van der Waals surface area contributed by atoms with Gasteiger partial charge in [-0.1, -0.05) is 0 Å². The number of nitrogens with one attached hydrogen (secondary N) is 2. The fourth-order valence-electron chi connectivity index (χ4n) is 2.54. The maximum absolute atomic E-state index is 12.2. The lowest BCUT2D eigenvalue weighted by Gasteiger charge is -2.08. The Kier molecular flexibility index (Phi) is 4.72. The molecule has 29 heavy (non-hydrogen) atoms. The SMILES string of the molecule is Cc1ncn(-c2ccc(Oc3ccc(NS(=O)(=O)c4cnc[nH]4)cc3)nn2)c1C. The smallest absolute Gasteiger partial charge is 0.278 e. The number of nitrogens with zero attached hydrogens (tertiary/aromatic N) is 5. The van der Waals surface area contributed by atoms with Gasteiger partial charge >= 0.3 is 0 Å². The van der Waals surface area contributed by atoms with Crippen molar-refractivity contribution in [2.24, 2.45) is 0 Å². The van der Waals surface area contributed by atoms with E-state index in [0.717, 1.165) is 11.4 Å². The lowest BCUT2D eigenvalue weighted by Crippen LogP contribution is -2.13. The summed E-state index contributed by atoms with van der Waals surface area (Å²) in [5.41, 5.74) is 2.30. The molecule has 0 atom stereocenters. The summed E-state index contributed by atoms with van der Waals surface area (Å²) in [5, 5.41) is 8.22. The van der Waals surface area contributed by atoms with E-state index in [2.05, 4.69) is 29.9 Å². The van der Waals surface area contributed by atoms with Crippen LogP contribution in [-0.4, -0.2) is 38.1 Å². The molecule has 3 aromatic heterocycles. The zero-order chi connectivity index (χ0) is 20.4. The second kappa shape index (κ2) is 7.36. The zero-order valence-corrected chi connectivity index (χ0v) is 16.4. The monoisotopic (exact) mass is 411 g/mol. The Morgan fingerprint density at radius 1 is 1.07 bits per heavy atom. The van der Waals surface area contributed by atoms with E-state index in [-0.39, 0.29) is 5.03 Å². The summed E-state index contributed by atoms with van der Waals surface area (Å²) in [6.07, 6.45) is 4.22. The van der Waals surface area contributed by atoms with Crippen LogP contribution in [0.2, 0.25) is 0 Å². The lowest BCUT2D eigenvalue weighted by molar-refractivity contribution is 0.454. The number of aryl methyl sites for hydroxylation is 1. The third-order valence-corrected chi connectivity index (χ3v) is 5.52. The first-order valence-electron chi connectivity index (χ1n) is 8.56. The molecular weight excluding hydrogens is 394 g/mol. The Labute approximate surface area is 166 Å². The van der Waals surface area contributed by atoms with Gasteiger partial charge in [-0.25, -0.2) is 9.97 Å². The molecule has 0 saturated carbocycles. The maximum atomic E-state index is 12.2. The van der Waals surface area contributed by atoms with Crippen LogP contribution in [0.4, 0.5) is 5.69 Å². The van der Waals surface area contributed by atoms with Gasteiger partial charge in [-0.05, 0) is 44.2 Å². The van der Waals surface area contributed by atoms with Crippen LogP contribution in [0.15, 0.2) is 60.3 Å². The molecule has 10 nitrogen and oxygen atoms in total. The molecule has 0 aliphatic carbocycles. The van der Waals surface area contributed by atoms with E-state index >= 15 is 0 Å². The largest absolute Gasteiger partial charge is 0.438 e. The van der Waals surface area contributed by atoms with Crippen LogP contribution in [0.25, 0.3) is 5.82 Å². The summed E-state index contributed by atoms with van der Waals surface area (Å²) in [4.78, 5) is 10.5. The first-order valence-corrected chi connectivity index (χ1v) is 10.0. The van der Waals surface area contributed by atoms with Crippen LogP contribution in [0.5, 0.6) is 11.6 Å². The molecule has 3 heterocycles. The highest BCUT2D eigenvalue weighted by Gasteiger charge is 2.15. The third-order valence-electron chi connectivity index (χ3n) is 4.22. The Hall–Kier alpha value is -3.73. The molecule has 0 saturated heterocycles. The number of rotatable bonds is 6. The fraction of sp³-hybridized carbons (Fsp3) is 0.111. The number of H-pyrrole nitrogens is 1. The molecule has 0 unspecified atom stereocenters. The topological polar surface area (TPSA) is 128 Å². The van der Waals surface area contributed by atoms with E-state index in [1.165, 1.54) is 12.5 Å². The second-order valence-corrected chi connectivity index (χ2v) is 7.81. The molecule has 2 N–H and O–H groups in total. The number of aromatic nitrogens is 6. The van der Waals surface area contributed by atoms with Crippen molar-refractivity contribution in [3.8, 4) is 17.4 Å². The van der Waals surface area contributed by atoms with Crippen molar-refractivity contribution in [2.75, 3.05) is 4.72 Å². The molecule has 1 aromatic carbocycles. The fourth-order valence-corrected chi connectivity index (χ4v) is 3.50. The Morgan fingerprint density at radius 2 is 1.86 bits per heavy atom. The number of ether oxygens (including phenoxy) is 1. The summed E-state index contributed by atoms with van der Waals surface area (Å²) in [6.45, 7) is 3.88. The van der Waals surface area contributed by atoms with Gasteiger partial charge in [0, 0.05) is 17.4 Å². The van der Waals surface area contributed by atoms with Gasteiger partial charge in [0.25, 0.3) is 10.0 Å². The van der Waals surface area contributed by atoms with Crippen LogP contribution < -0.4 is 9.46 Å². The van der Waals surface area contributed by atoms with Gasteiger partial charge < -0.3 is 9.72 Å². The van der Waals surface area contributed by atoms with E-state index in [1.807, 2.05) is 18.4 Å². The van der Waals surface area contributed by atoms with Gasteiger partial charge in [-0.2, -0.15) is 8.42 Å². The van der Waals surface area contributed by atoms with Crippen LogP contribution in [-0.2, 0) is 10.0 Å². The van der Waals surface area contributed by atoms with E-state index in [9.17, 15) is 8.42 Å². The average Bonchev–Trinajstić information content (AvgIpc) is 3.36. The second-order valence-electron chi connectivity index (χ2n) is 6.16. The predicted molar refractivity (Wildman–Crippen MR) is 105 cm³/mol. The highest BCUT2D eigenvalue weighted by molar-refractivity contribution is 7.92. The van der Waals surface area contributed by atoms with Gasteiger partial charge in [0.05, 0.1) is 18.2 Å². The van der Waals surface area contributed by atoms with Crippen molar-refractivity contribution in [1.29, 1.82) is 0 Å². The highest BCUT2D eigenvalue weighted by atomic mass is 32.2. The first-order chi connectivity index (χ1) is 13.9. The number of hydrogen-bond donors (Lipinski definition) is 2. The number of aromatic amines is 1. The minimum Gasteiger partial charge on any atom is -0.438 e. The van der Waals surface area contributed by atoms with E-state index in [0.29, 0.717) is 23.1 Å². The quantitative estimate of drug-likeness (QED) is 0.499. The van der Waals surface area contributed by atoms with E-state index < -0.39 is 10.0 Å². The van der Waals surface area contributed by atoms with Crippen molar-refractivity contribution < 1.29 is 13.2 Å². The number of sulfonamides is 1. The number of imidazole rings is 2. The van der Waals surface area contributed by atoms with Crippen molar-refractivity contribution >= 4 is 15.7 Å². The molecule has 0 aliphatic rings. The molecule has 11 heteroatoms. The zero-order valence-electron chi connectivity index (χ0n) is 15.6. The van der Waals surface area contributed by atoms with Gasteiger partial charge in [0.15, 0.2) is 10.8 Å². The minimum atomic E-state index is -3.71. The number of benzene rings is 1. The molecule has 4 aromatic rings. The molecule has 4 rings (SSSR count). The van der Waals surface area contributed by atoms with Crippen LogP contribution in [0, 0.1) is 13.8 Å². The summed E-state index contributed by atoms with van der Waals surface area (Å²) >= 11 is 0. The molecular formula is C18H17N7O3S. The van der Waals surface area contributed by atoms with Gasteiger partial charge in [-0.15, -0.1) is 10.2 Å². The Bertz CT molecular complexity index is 1220. The minimum absolute atomic E-state index is 0.0171. The molecule has 0 bridgehead atoms. The first kappa shape index (κ1) is 18.6. The number of hydrogen-bond acceptors (Lipinski definition) is 7. The summed E-state index contributed by atoms with van der Waals surface area (Å²) in [7, 11) is -3.71. The van der Waals surface area contributed by atoms with Gasteiger partial charge in [0.1, 0.15) is 12.1 Å². The standard InChI is InChI=1S/C18H17N7O3S/c1-12-13(2)25(11-21-12)16-7-8-17(23-22-16)28-15-5-3-14(4-6-15)24-29(26,27)18-9-19-10-20-18/h3-11,24H,1-2H3,(H,19,20). The van der Waals surface area contributed by atoms with E-state index in [1.54, 1.807) is 42.7 Å². The molecule has 0 aliphatic heterocycles. The molecule has 0 fully saturated rings. The van der Waals surface area contributed by atoms with Crippen molar-refractivity contribution in [3.05, 3.63) is 66.6 Å². The summed E-state index contributed by atoms with van der Waals surface area (Å²) < 4.78 is 34.3. The summed E-state index contributed by atoms with van der Waals surface area (Å²) in [5.74, 6) is 1.44. The normalized spacial score (nSPS) is 11.4. The summed E-state index contributed by atoms with van der Waals surface area (Å²) in [6, 6.07) is 9.91. The molecule has 0 spiro atoms. The van der Waals surface area contributed by atoms with Crippen molar-refractivity contribution in [3.63, 3.8) is 0 Å². The van der Waals surface area contributed by atoms with Crippen molar-refractivity contribution in [1.82, 2.24) is 29.7 Å².